The van der Waals surface area contributed by atoms with E-state index in [4.69, 9.17) is 4.42 Å². The Morgan fingerprint density at radius 2 is 1.00 bits per heavy atom. The summed E-state index contributed by atoms with van der Waals surface area (Å²) in [4.78, 5) is 2.38. The highest BCUT2D eigenvalue weighted by Crippen LogP contribution is 2.42. The average molecular weight is 694 g/mol. The molecule has 0 fully saturated rings. The second-order valence-electron chi connectivity index (χ2n) is 13.7. The van der Waals surface area contributed by atoms with Crippen LogP contribution in [0.25, 0.3) is 85.9 Å². The van der Waals surface area contributed by atoms with Crippen LogP contribution in [0.3, 0.4) is 0 Å². The van der Waals surface area contributed by atoms with E-state index in [1.165, 1.54) is 64.0 Å². The van der Waals surface area contributed by atoms with Gasteiger partial charge in [0.05, 0.1) is 0 Å². The molecule has 53 heavy (non-hydrogen) atoms. The van der Waals surface area contributed by atoms with Crippen LogP contribution < -0.4 is 4.90 Å². The first kappa shape index (κ1) is 30.0. The summed E-state index contributed by atoms with van der Waals surface area (Å²) in [6.07, 6.45) is 0. The van der Waals surface area contributed by atoms with E-state index in [-0.39, 0.29) is 0 Å². The van der Waals surface area contributed by atoms with Crippen molar-refractivity contribution in [2.24, 2.45) is 0 Å². The fraction of sp³-hybridized carbons (Fsp3) is 0. The molecule has 0 aliphatic heterocycles. The van der Waals surface area contributed by atoms with Crippen molar-refractivity contribution in [3.63, 3.8) is 0 Å². The number of hydrogen-bond acceptors (Lipinski definition) is 3. The van der Waals surface area contributed by atoms with Crippen molar-refractivity contribution < 1.29 is 4.42 Å². The Labute approximate surface area is 310 Å². The number of furan rings is 1. The third kappa shape index (κ3) is 5.01. The first-order chi connectivity index (χ1) is 26.2. The van der Waals surface area contributed by atoms with Crippen LogP contribution in [0.2, 0.25) is 0 Å². The molecule has 0 spiro atoms. The number of thiophene rings is 1. The molecule has 0 bridgehead atoms. The highest BCUT2D eigenvalue weighted by Gasteiger charge is 2.16. The van der Waals surface area contributed by atoms with Crippen LogP contribution in [-0.2, 0) is 0 Å². The van der Waals surface area contributed by atoms with E-state index in [0.717, 1.165) is 39.0 Å². The van der Waals surface area contributed by atoms with Gasteiger partial charge in [0.1, 0.15) is 11.2 Å². The summed E-state index contributed by atoms with van der Waals surface area (Å²) < 4.78 is 8.76. The van der Waals surface area contributed by atoms with Gasteiger partial charge >= 0.3 is 0 Å². The summed E-state index contributed by atoms with van der Waals surface area (Å²) in [5.74, 6) is 0. The third-order valence-electron chi connectivity index (χ3n) is 10.6. The third-order valence-corrected chi connectivity index (χ3v) is 11.8. The van der Waals surface area contributed by atoms with Gasteiger partial charge in [-0.2, -0.15) is 0 Å². The zero-order valence-electron chi connectivity index (χ0n) is 28.7. The molecule has 9 aromatic carbocycles. The Hall–Kier alpha value is -6.68. The largest absolute Gasteiger partial charge is 0.456 e. The maximum Gasteiger partial charge on any atom is 0.136 e. The molecule has 3 heteroatoms. The minimum atomic E-state index is 0.924. The quantitative estimate of drug-likeness (QED) is 0.178. The molecular formula is C50H31NOS. The highest BCUT2D eigenvalue weighted by molar-refractivity contribution is 7.25. The van der Waals surface area contributed by atoms with Crippen molar-refractivity contribution in [1.29, 1.82) is 0 Å². The predicted octanol–water partition coefficient (Wildman–Crippen LogP) is 15.1. The summed E-state index contributed by atoms with van der Waals surface area (Å²) in [5.41, 5.74) is 10.0. The first-order valence-corrected chi connectivity index (χ1v) is 18.8. The normalized spacial score (nSPS) is 11.8. The fourth-order valence-corrected chi connectivity index (χ4v) is 9.16. The van der Waals surface area contributed by atoms with Crippen molar-refractivity contribution in [3.05, 3.63) is 188 Å². The van der Waals surface area contributed by atoms with Crippen molar-refractivity contribution in [1.82, 2.24) is 0 Å². The Morgan fingerprint density at radius 1 is 0.340 bits per heavy atom. The van der Waals surface area contributed by atoms with Gasteiger partial charge in [-0.25, -0.2) is 0 Å². The number of hydrogen-bond donors (Lipinski definition) is 0. The van der Waals surface area contributed by atoms with Crippen LogP contribution in [-0.4, -0.2) is 0 Å². The standard InChI is InChI=1S/C50H31NOS/c1-2-10-41-33(8-1)9-7-13-42(41)34-20-24-39(25-21-34)51(40-26-27-45-44-12-4-6-15-49(44)53-50(45)31-40)38-22-18-32(19-23-38)35-16-17-36-30-48-46(29-37(36)28-35)43-11-3-5-14-47(43)52-48/h1-31H. The monoisotopic (exact) mass is 693 g/mol. The predicted molar refractivity (Wildman–Crippen MR) is 227 cm³/mol. The van der Waals surface area contributed by atoms with E-state index >= 15 is 0 Å². The van der Waals surface area contributed by atoms with E-state index in [9.17, 15) is 0 Å². The van der Waals surface area contributed by atoms with E-state index < -0.39 is 0 Å². The van der Waals surface area contributed by atoms with Gasteiger partial charge < -0.3 is 9.32 Å². The Balaban J connectivity index is 1.00. The topological polar surface area (TPSA) is 16.4 Å². The average Bonchev–Trinajstić information content (AvgIpc) is 3.77. The number of nitrogens with zero attached hydrogens (tertiary/aromatic N) is 1. The molecule has 2 aromatic heterocycles. The van der Waals surface area contributed by atoms with Gasteiger partial charge in [-0.05, 0) is 111 Å². The summed E-state index contributed by atoms with van der Waals surface area (Å²) >= 11 is 1.85. The number of fused-ring (bicyclic) bond motifs is 8. The van der Waals surface area contributed by atoms with E-state index in [0.29, 0.717) is 0 Å². The lowest BCUT2D eigenvalue weighted by atomic mass is 9.98. The Morgan fingerprint density at radius 3 is 1.85 bits per heavy atom. The van der Waals surface area contributed by atoms with E-state index in [1.807, 2.05) is 23.5 Å². The van der Waals surface area contributed by atoms with Gasteiger partial charge in [0, 0.05) is 48.0 Å². The zero-order valence-corrected chi connectivity index (χ0v) is 29.5. The van der Waals surface area contributed by atoms with Crippen LogP contribution in [0, 0.1) is 0 Å². The number of benzene rings is 9. The minimum Gasteiger partial charge on any atom is -0.456 e. The van der Waals surface area contributed by atoms with E-state index in [2.05, 4.69) is 181 Å². The van der Waals surface area contributed by atoms with Gasteiger partial charge in [0.15, 0.2) is 0 Å². The Kier molecular flexibility index (Phi) is 6.76. The van der Waals surface area contributed by atoms with Gasteiger partial charge in [0.25, 0.3) is 0 Å². The molecule has 2 nitrogen and oxygen atoms in total. The molecule has 2 heterocycles. The van der Waals surface area contributed by atoms with Crippen LogP contribution in [0.1, 0.15) is 0 Å². The molecule has 0 aliphatic carbocycles. The maximum atomic E-state index is 6.16. The number of rotatable bonds is 5. The maximum absolute atomic E-state index is 6.16. The van der Waals surface area contributed by atoms with E-state index in [1.54, 1.807) is 0 Å². The molecule has 0 amide bonds. The van der Waals surface area contributed by atoms with Crippen LogP contribution in [0.4, 0.5) is 17.1 Å². The van der Waals surface area contributed by atoms with Gasteiger partial charge in [-0.1, -0.05) is 121 Å². The van der Waals surface area contributed by atoms with Gasteiger partial charge in [0.2, 0.25) is 0 Å². The molecular weight excluding hydrogens is 663 g/mol. The van der Waals surface area contributed by atoms with Crippen LogP contribution >= 0.6 is 11.3 Å². The highest BCUT2D eigenvalue weighted by atomic mass is 32.1. The van der Waals surface area contributed by atoms with Gasteiger partial charge in [-0.15, -0.1) is 11.3 Å². The second-order valence-corrected chi connectivity index (χ2v) is 14.8. The smallest absolute Gasteiger partial charge is 0.136 e. The molecule has 0 aliphatic rings. The zero-order chi connectivity index (χ0) is 34.9. The first-order valence-electron chi connectivity index (χ1n) is 18.0. The summed E-state index contributed by atoms with van der Waals surface area (Å²) in [6, 6.07) is 68.2. The van der Waals surface area contributed by atoms with Crippen molar-refractivity contribution in [2.75, 3.05) is 4.90 Å². The lowest BCUT2D eigenvalue weighted by molar-refractivity contribution is 0.669. The molecule has 0 saturated heterocycles. The molecule has 0 atom stereocenters. The molecule has 11 rings (SSSR count). The molecule has 0 radical (unpaired) electrons. The number of para-hydroxylation sites is 1. The SMILES string of the molecule is c1ccc2c(-c3ccc(N(c4ccc(-c5ccc6cc7oc8ccccc8c7cc6c5)cc4)c4ccc5c(c4)sc4ccccc45)cc3)cccc2c1. The summed E-state index contributed by atoms with van der Waals surface area (Å²) in [6.45, 7) is 0. The lowest BCUT2D eigenvalue weighted by Gasteiger charge is -2.26. The van der Waals surface area contributed by atoms with Crippen molar-refractivity contribution >= 4 is 92.1 Å². The fourth-order valence-electron chi connectivity index (χ4n) is 8.02. The molecule has 11 aromatic rings. The van der Waals surface area contributed by atoms with Gasteiger partial charge in [-0.3, -0.25) is 0 Å². The molecule has 0 saturated carbocycles. The Bertz CT molecular complexity index is 3160. The second kappa shape index (κ2) is 11.9. The van der Waals surface area contributed by atoms with Crippen molar-refractivity contribution in [3.8, 4) is 22.3 Å². The lowest BCUT2D eigenvalue weighted by Crippen LogP contribution is -2.09. The van der Waals surface area contributed by atoms with Crippen molar-refractivity contribution in [2.45, 2.75) is 0 Å². The summed E-state index contributed by atoms with van der Waals surface area (Å²) in [5, 5.41) is 9.81. The van der Waals surface area contributed by atoms with Crippen LogP contribution in [0.5, 0.6) is 0 Å². The molecule has 0 unspecified atom stereocenters. The summed E-state index contributed by atoms with van der Waals surface area (Å²) in [7, 11) is 0. The molecule has 248 valence electrons. The number of anilines is 3. The molecule has 0 N–H and O–H groups in total. The van der Waals surface area contributed by atoms with Crippen LogP contribution in [0.15, 0.2) is 192 Å². The minimum absolute atomic E-state index is 0.924.